The van der Waals surface area contributed by atoms with Gasteiger partial charge in [0.15, 0.2) is 0 Å². The molecule has 1 saturated carbocycles. The SMILES string of the molecule is OC1(C2CC(OCc3ccccc3)C(OCc3ccccc3)C(c3ccc(Cl)c(Cc4ncc(-c5ccco5)s4)c3)O2)CC1. The van der Waals surface area contributed by atoms with Crippen molar-refractivity contribution in [2.75, 3.05) is 0 Å². The lowest BCUT2D eigenvalue weighted by molar-refractivity contribution is -0.231. The number of halogens is 1. The van der Waals surface area contributed by atoms with Crippen LogP contribution in [0.15, 0.2) is 108 Å². The van der Waals surface area contributed by atoms with Crippen molar-refractivity contribution in [3.05, 3.63) is 136 Å². The summed E-state index contributed by atoms with van der Waals surface area (Å²) < 4.78 is 25.6. The van der Waals surface area contributed by atoms with Crippen LogP contribution >= 0.6 is 22.9 Å². The first-order valence-electron chi connectivity index (χ1n) is 15.0. The summed E-state index contributed by atoms with van der Waals surface area (Å²) in [6.45, 7) is 0.864. The Bertz CT molecular complexity index is 1650. The molecule has 3 heterocycles. The fourth-order valence-corrected chi connectivity index (χ4v) is 6.90. The quantitative estimate of drug-likeness (QED) is 0.159. The van der Waals surface area contributed by atoms with E-state index < -0.39 is 17.8 Å². The van der Waals surface area contributed by atoms with Gasteiger partial charge < -0.3 is 23.7 Å². The van der Waals surface area contributed by atoms with Gasteiger partial charge in [-0.3, -0.25) is 0 Å². The van der Waals surface area contributed by atoms with E-state index in [-0.39, 0.29) is 12.2 Å². The normalized spacial score (nSPS) is 22.6. The van der Waals surface area contributed by atoms with Crippen LogP contribution in [0.3, 0.4) is 0 Å². The van der Waals surface area contributed by atoms with Gasteiger partial charge in [-0.2, -0.15) is 0 Å². The van der Waals surface area contributed by atoms with Gasteiger partial charge in [0.1, 0.15) is 18.0 Å². The molecule has 8 heteroatoms. The molecule has 4 unspecified atom stereocenters. The van der Waals surface area contributed by atoms with Crippen LogP contribution in [-0.2, 0) is 33.8 Å². The summed E-state index contributed by atoms with van der Waals surface area (Å²) in [5.41, 5.74) is 3.21. The van der Waals surface area contributed by atoms with Gasteiger partial charge in [-0.05, 0) is 53.3 Å². The van der Waals surface area contributed by atoms with E-state index in [0.29, 0.717) is 31.1 Å². The topological polar surface area (TPSA) is 74.0 Å². The number of aliphatic hydroxyl groups is 1. The van der Waals surface area contributed by atoms with E-state index >= 15 is 0 Å². The Morgan fingerprint density at radius 3 is 2.32 bits per heavy atom. The van der Waals surface area contributed by atoms with E-state index in [0.717, 1.165) is 50.7 Å². The summed E-state index contributed by atoms with van der Waals surface area (Å²) in [5, 5.41) is 12.8. The fraction of sp³-hybridized carbons (Fsp3) is 0.306. The second-order valence-electron chi connectivity index (χ2n) is 11.6. The largest absolute Gasteiger partial charge is 0.463 e. The van der Waals surface area contributed by atoms with Gasteiger partial charge in [-0.15, -0.1) is 11.3 Å². The number of hydrogen-bond donors (Lipinski definition) is 1. The van der Waals surface area contributed by atoms with Crippen LogP contribution in [-0.4, -0.2) is 34.0 Å². The smallest absolute Gasteiger partial charge is 0.145 e. The molecular weight excluding hydrogens is 594 g/mol. The van der Waals surface area contributed by atoms with Crippen LogP contribution < -0.4 is 0 Å². The molecule has 2 aliphatic rings. The average molecular weight is 628 g/mol. The summed E-state index contributed by atoms with van der Waals surface area (Å²) in [6.07, 6.45) is 4.54. The molecule has 1 aliphatic heterocycles. The Morgan fingerprint density at radius 1 is 0.909 bits per heavy atom. The van der Waals surface area contributed by atoms with E-state index in [1.807, 2.05) is 66.9 Å². The maximum absolute atomic E-state index is 11.2. The number of ether oxygens (including phenoxy) is 3. The number of rotatable bonds is 11. The average Bonchev–Trinajstić information content (AvgIpc) is 3.40. The molecule has 0 spiro atoms. The molecule has 0 radical (unpaired) electrons. The second-order valence-corrected chi connectivity index (χ2v) is 13.1. The zero-order chi connectivity index (χ0) is 29.9. The minimum absolute atomic E-state index is 0.291. The van der Waals surface area contributed by atoms with Crippen molar-refractivity contribution in [3.8, 4) is 10.6 Å². The Balaban J connectivity index is 1.19. The Hall–Kier alpha value is -3.30. The van der Waals surface area contributed by atoms with Gasteiger partial charge in [-0.25, -0.2) is 4.98 Å². The van der Waals surface area contributed by atoms with Crippen LogP contribution in [0.5, 0.6) is 0 Å². The monoisotopic (exact) mass is 627 g/mol. The number of benzene rings is 3. The van der Waals surface area contributed by atoms with E-state index in [4.69, 9.17) is 30.2 Å². The molecule has 6 nitrogen and oxygen atoms in total. The number of aromatic nitrogens is 1. The number of nitrogens with zero attached hydrogens (tertiary/aromatic N) is 1. The fourth-order valence-electron chi connectivity index (χ4n) is 5.81. The molecule has 1 aliphatic carbocycles. The predicted molar refractivity (Wildman–Crippen MR) is 171 cm³/mol. The van der Waals surface area contributed by atoms with Crippen molar-refractivity contribution in [3.63, 3.8) is 0 Å². The van der Waals surface area contributed by atoms with E-state index in [1.54, 1.807) is 17.6 Å². The molecule has 0 amide bonds. The maximum atomic E-state index is 11.2. The molecule has 5 aromatic rings. The number of hydrogen-bond acceptors (Lipinski definition) is 7. The Kier molecular flexibility index (Phi) is 8.67. The van der Waals surface area contributed by atoms with Crippen molar-refractivity contribution >= 4 is 22.9 Å². The van der Waals surface area contributed by atoms with E-state index in [9.17, 15) is 5.11 Å². The molecule has 2 fully saturated rings. The first-order chi connectivity index (χ1) is 21.5. The molecule has 226 valence electrons. The first kappa shape index (κ1) is 29.4. The Morgan fingerprint density at radius 2 is 1.64 bits per heavy atom. The summed E-state index contributed by atoms with van der Waals surface area (Å²) in [7, 11) is 0. The summed E-state index contributed by atoms with van der Waals surface area (Å²) >= 11 is 8.33. The van der Waals surface area contributed by atoms with Crippen LogP contribution in [0.2, 0.25) is 5.02 Å². The third kappa shape index (κ3) is 6.69. The second kappa shape index (κ2) is 13.0. The van der Waals surface area contributed by atoms with Crippen molar-refractivity contribution in [2.45, 2.75) is 68.9 Å². The van der Waals surface area contributed by atoms with E-state index in [1.165, 1.54) is 0 Å². The van der Waals surface area contributed by atoms with Gasteiger partial charge in [0.2, 0.25) is 0 Å². The predicted octanol–water partition coefficient (Wildman–Crippen LogP) is 8.17. The summed E-state index contributed by atoms with van der Waals surface area (Å²) in [4.78, 5) is 5.61. The van der Waals surface area contributed by atoms with Gasteiger partial charge >= 0.3 is 0 Å². The zero-order valence-corrected chi connectivity index (χ0v) is 25.8. The van der Waals surface area contributed by atoms with Gasteiger partial charge in [0.05, 0.1) is 47.2 Å². The number of furan rings is 1. The number of thiazole rings is 1. The van der Waals surface area contributed by atoms with Crippen LogP contribution in [0.25, 0.3) is 10.6 Å². The highest BCUT2D eigenvalue weighted by Crippen LogP contribution is 2.48. The van der Waals surface area contributed by atoms with Crippen LogP contribution in [0, 0.1) is 0 Å². The van der Waals surface area contributed by atoms with Crippen molar-refractivity contribution in [2.24, 2.45) is 0 Å². The van der Waals surface area contributed by atoms with Crippen LogP contribution in [0.4, 0.5) is 0 Å². The molecule has 7 rings (SSSR count). The minimum atomic E-state index is -0.838. The van der Waals surface area contributed by atoms with E-state index in [2.05, 4.69) is 35.3 Å². The molecular formula is C36H34ClNO5S. The Labute approximate surface area is 266 Å². The molecule has 4 atom stereocenters. The molecule has 1 saturated heterocycles. The maximum Gasteiger partial charge on any atom is 0.145 e. The highest BCUT2D eigenvalue weighted by Gasteiger charge is 2.54. The highest BCUT2D eigenvalue weighted by atomic mass is 35.5. The molecule has 2 aromatic heterocycles. The van der Waals surface area contributed by atoms with Crippen molar-refractivity contribution < 1.29 is 23.7 Å². The lowest BCUT2D eigenvalue weighted by Gasteiger charge is -2.43. The molecule has 1 N–H and O–H groups in total. The lowest BCUT2D eigenvalue weighted by atomic mass is 9.89. The minimum Gasteiger partial charge on any atom is -0.463 e. The van der Waals surface area contributed by atoms with Crippen molar-refractivity contribution in [1.29, 1.82) is 0 Å². The summed E-state index contributed by atoms with van der Waals surface area (Å²) in [5.74, 6) is 0.799. The van der Waals surface area contributed by atoms with Gasteiger partial charge in [0.25, 0.3) is 0 Å². The zero-order valence-electron chi connectivity index (χ0n) is 24.2. The molecule has 44 heavy (non-hydrogen) atoms. The van der Waals surface area contributed by atoms with Gasteiger partial charge in [0, 0.05) is 24.1 Å². The highest BCUT2D eigenvalue weighted by molar-refractivity contribution is 7.15. The van der Waals surface area contributed by atoms with Gasteiger partial charge in [-0.1, -0.05) is 84.4 Å². The third-order valence-corrected chi connectivity index (χ3v) is 9.81. The molecule has 0 bridgehead atoms. The van der Waals surface area contributed by atoms with Crippen LogP contribution in [0.1, 0.15) is 52.6 Å². The standard InChI is InChI=1S/C36H34ClNO5S/c37-28-14-13-26(18-27(28)19-33-38-21-31(44-33)29-12-7-17-40-29)34-35(42-23-25-10-5-2-6-11-25)30(20-32(43-34)36(39)15-16-36)41-22-24-8-3-1-4-9-24/h1-14,17-18,21,30,32,34-35,39H,15-16,19-20,22-23H2. The first-order valence-corrected chi connectivity index (χ1v) is 16.2. The molecule has 3 aromatic carbocycles. The lowest BCUT2D eigenvalue weighted by Crippen LogP contribution is -2.50. The summed E-state index contributed by atoms with van der Waals surface area (Å²) in [6, 6.07) is 30.1. The van der Waals surface area contributed by atoms with Crippen molar-refractivity contribution in [1.82, 2.24) is 4.98 Å². The third-order valence-electron chi connectivity index (χ3n) is 8.43.